The molecule has 0 radical (unpaired) electrons. The Hall–Kier alpha value is -2.64. The van der Waals surface area contributed by atoms with E-state index in [9.17, 15) is 18.0 Å². The summed E-state index contributed by atoms with van der Waals surface area (Å²) in [5, 5.41) is 12.1. The van der Waals surface area contributed by atoms with Crippen molar-refractivity contribution in [1.29, 1.82) is 5.26 Å². The molecule has 1 heterocycles. The van der Waals surface area contributed by atoms with Gasteiger partial charge in [-0.1, -0.05) is 0 Å². The number of carbonyl (C=O) groups excluding carboxylic acids is 2. The number of nitrogens with two attached hydrogens (primary N) is 1. The molecule has 2 amide bonds. The minimum Gasteiger partial charge on any atom is -0.369 e. The van der Waals surface area contributed by atoms with Crippen LogP contribution in [0.2, 0.25) is 0 Å². The van der Waals surface area contributed by atoms with Gasteiger partial charge in [-0.3, -0.25) is 13.9 Å². The van der Waals surface area contributed by atoms with Crippen molar-refractivity contribution in [2.24, 2.45) is 28.9 Å². The van der Waals surface area contributed by atoms with Gasteiger partial charge in [-0.25, -0.2) is 0 Å². The number of nitriles is 1. The lowest BCUT2D eigenvalue weighted by Crippen LogP contribution is -2.63. The van der Waals surface area contributed by atoms with E-state index in [2.05, 4.69) is 5.32 Å². The molecule has 0 aromatic heterocycles. The Balaban J connectivity index is 1.26. The zero-order valence-corrected chi connectivity index (χ0v) is 19.3. The minimum atomic E-state index is -3.85. The second-order valence-corrected chi connectivity index (χ2v) is 12.0. The summed E-state index contributed by atoms with van der Waals surface area (Å²) in [5.74, 6) is 0.424. The monoisotopic (exact) mass is 471 g/mol. The van der Waals surface area contributed by atoms with E-state index in [0.717, 1.165) is 32.1 Å². The predicted molar refractivity (Wildman–Crippen MR) is 121 cm³/mol. The minimum absolute atomic E-state index is 0.0244. The smallest absolute Gasteiger partial charge is 0.304 e. The molecule has 9 nitrogen and oxygen atoms in total. The summed E-state index contributed by atoms with van der Waals surface area (Å²) in [5.41, 5.74) is 6.27. The molecule has 5 fully saturated rings. The third-order valence-corrected chi connectivity index (χ3v) is 10.0. The molecule has 3 N–H and O–H groups in total. The average Bonchev–Trinajstić information content (AvgIpc) is 2.77. The maximum atomic E-state index is 13.2. The fourth-order valence-electron chi connectivity index (χ4n) is 6.84. The lowest BCUT2D eigenvalue weighted by atomic mass is 9.47. The molecule has 6 rings (SSSR count). The van der Waals surface area contributed by atoms with Crippen LogP contribution >= 0.6 is 0 Å². The number of nitrogens with one attached hydrogen (secondary N) is 1. The van der Waals surface area contributed by atoms with Crippen molar-refractivity contribution in [2.75, 3.05) is 23.9 Å². The van der Waals surface area contributed by atoms with Crippen molar-refractivity contribution >= 4 is 27.7 Å². The maximum absolute atomic E-state index is 13.2. The van der Waals surface area contributed by atoms with Gasteiger partial charge in [-0.2, -0.15) is 18.0 Å². The Morgan fingerprint density at radius 1 is 1.12 bits per heavy atom. The van der Waals surface area contributed by atoms with Crippen LogP contribution in [0.3, 0.4) is 0 Å². The SMILES string of the molecule is N#Cc1ccc(N2CCCN(CC(=O)NC3C4CC5CC3CC(C(N)=O)(C5)C4)S2(=O)=O)cc1. The Kier molecular flexibility index (Phi) is 5.37. The molecule has 2 unspecified atom stereocenters. The molecule has 4 bridgehead atoms. The summed E-state index contributed by atoms with van der Waals surface area (Å²) in [6.45, 7) is 0.387. The number of primary amides is 1. The van der Waals surface area contributed by atoms with Gasteiger partial charge in [0.05, 0.1) is 23.9 Å². The number of hydrogen-bond acceptors (Lipinski definition) is 5. The van der Waals surface area contributed by atoms with E-state index in [1.165, 1.54) is 8.61 Å². The molecule has 1 aliphatic heterocycles. The highest BCUT2D eigenvalue weighted by Crippen LogP contribution is 2.59. The number of hydrogen-bond donors (Lipinski definition) is 2. The Morgan fingerprint density at radius 2 is 1.79 bits per heavy atom. The lowest BCUT2D eigenvalue weighted by Gasteiger charge is -2.58. The molecular weight excluding hydrogens is 442 g/mol. The Morgan fingerprint density at radius 3 is 2.39 bits per heavy atom. The fraction of sp³-hybridized carbons (Fsp3) is 0.609. The van der Waals surface area contributed by atoms with Crippen molar-refractivity contribution < 1.29 is 18.0 Å². The second kappa shape index (κ2) is 7.99. The first-order chi connectivity index (χ1) is 15.7. The average molecular weight is 472 g/mol. The molecule has 4 saturated carbocycles. The highest BCUT2D eigenvalue weighted by Gasteiger charge is 2.58. The standard InChI is InChI=1S/C23H29N5O4S/c24-13-15-2-4-19(5-3-15)28-7-1-6-27(33(28,31)32)14-20(29)26-21-17-8-16-9-18(21)12-23(10-16,11-17)22(25)30/h2-5,16-18,21H,1,6-12,14H2,(H2,25,30)(H,26,29). The van der Waals surface area contributed by atoms with E-state index in [0.29, 0.717) is 30.1 Å². The highest BCUT2D eigenvalue weighted by molar-refractivity contribution is 7.90. The van der Waals surface area contributed by atoms with Crippen molar-refractivity contribution in [2.45, 2.75) is 44.6 Å². The quantitative estimate of drug-likeness (QED) is 0.663. The third kappa shape index (κ3) is 3.77. The number of anilines is 1. The summed E-state index contributed by atoms with van der Waals surface area (Å²) in [4.78, 5) is 25.1. The first-order valence-electron chi connectivity index (χ1n) is 11.6. The third-order valence-electron chi connectivity index (χ3n) is 8.10. The normalized spacial score (nSPS) is 34.6. The second-order valence-electron chi connectivity index (χ2n) is 10.1. The summed E-state index contributed by atoms with van der Waals surface area (Å²) in [6, 6.07) is 8.40. The van der Waals surface area contributed by atoms with E-state index in [1.54, 1.807) is 24.3 Å². The van der Waals surface area contributed by atoms with Crippen molar-refractivity contribution in [3.63, 3.8) is 0 Å². The molecule has 1 aromatic carbocycles. The highest BCUT2D eigenvalue weighted by atomic mass is 32.2. The summed E-state index contributed by atoms with van der Waals surface area (Å²) in [6.07, 6.45) is 4.89. The van der Waals surface area contributed by atoms with E-state index in [1.807, 2.05) is 6.07 Å². The number of nitrogens with zero attached hydrogens (tertiary/aromatic N) is 3. The van der Waals surface area contributed by atoms with Crippen LogP contribution in [-0.2, 0) is 19.8 Å². The number of carbonyl (C=O) groups is 2. The van der Waals surface area contributed by atoms with Crippen LogP contribution in [0, 0.1) is 34.5 Å². The van der Waals surface area contributed by atoms with Gasteiger partial charge in [-0.05, 0) is 80.5 Å². The zero-order chi connectivity index (χ0) is 23.4. The molecule has 0 spiro atoms. The van der Waals surface area contributed by atoms with Crippen LogP contribution in [-0.4, -0.2) is 50.2 Å². The molecule has 176 valence electrons. The van der Waals surface area contributed by atoms with Crippen LogP contribution < -0.4 is 15.4 Å². The first-order valence-corrected chi connectivity index (χ1v) is 13.0. The molecule has 5 aliphatic rings. The van der Waals surface area contributed by atoms with Crippen LogP contribution in [0.5, 0.6) is 0 Å². The fourth-order valence-corrected chi connectivity index (χ4v) is 8.51. The number of rotatable bonds is 5. The maximum Gasteiger partial charge on any atom is 0.304 e. The van der Waals surface area contributed by atoms with Gasteiger partial charge < -0.3 is 11.1 Å². The number of benzene rings is 1. The molecule has 2 atom stereocenters. The predicted octanol–water partition coefficient (Wildman–Crippen LogP) is 1.11. The summed E-state index contributed by atoms with van der Waals surface area (Å²) >= 11 is 0. The van der Waals surface area contributed by atoms with E-state index >= 15 is 0 Å². The van der Waals surface area contributed by atoms with Gasteiger partial charge >= 0.3 is 10.2 Å². The van der Waals surface area contributed by atoms with Gasteiger partial charge in [0.1, 0.15) is 0 Å². The molecule has 33 heavy (non-hydrogen) atoms. The van der Waals surface area contributed by atoms with Gasteiger partial charge in [0.2, 0.25) is 11.8 Å². The first kappa shape index (κ1) is 22.2. The molecule has 4 aliphatic carbocycles. The van der Waals surface area contributed by atoms with Crippen LogP contribution in [0.15, 0.2) is 24.3 Å². The van der Waals surface area contributed by atoms with E-state index in [4.69, 9.17) is 11.0 Å². The Labute approximate surface area is 194 Å². The van der Waals surface area contributed by atoms with Crippen LogP contribution in [0.4, 0.5) is 5.69 Å². The lowest BCUT2D eigenvalue weighted by molar-refractivity contribution is -0.147. The van der Waals surface area contributed by atoms with Crippen molar-refractivity contribution in [1.82, 2.24) is 9.62 Å². The molecule has 10 heteroatoms. The number of amides is 2. The molecular formula is C23H29N5O4S. The van der Waals surface area contributed by atoms with E-state index in [-0.39, 0.29) is 42.8 Å². The largest absolute Gasteiger partial charge is 0.369 e. The van der Waals surface area contributed by atoms with Crippen molar-refractivity contribution in [3.8, 4) is 6.07 Å². The Bertz CT molecular complexity index is 1100. The van der Waals surface area contributed by atoms with Crippen molar-refractivity contribution in [3.05, 3.63) is 29.8 Å². The van der Waals surface area contributed by atoms with Gasteiger partial charge in [0.15, 0.2) is 0 Å². The molecule has 1 saturated heterocycles. The molecule has 1 aromatic rings. The summed E-state index contributed by atoms with van der Waals surface area (Å²) < 4.78 is 28.9. The van der Waals surface area contributed by atoms with E-state index < -0.39 is 15.6 Å². The van der Waals surface area contributed by atoms with Crippen LogP contribution in [0.1, 0.15) is 44.1 Å². The van der Waals surface area contributed by atoms with Gasteiger partial charge in [-0.15, -0.1) is 0 Å². The van der Waals surface area contributed by atoms with Gasteiger partial charge in [0, 0.05) is 24.5 Å². The summed E-state index contributed by atoms with van der Waals surface area (Å²) in [7, 11) is -3.85. The zero-order valence-electron chi connectivity index (χ0n) is 18.4. The van der Waals surface area contributed by atoms with Gasteiger partial charge in [0.25, 0.3) is 0 Å². The van der Waals surface area contributed by atoms with Crippen LogP contribution in [0.25, 0.3) is 0 Å². The topological polar surface area (TPSA) is 137 Å².